The lowest BCUT2D eigenvalue weighted by Gasteiger charge is -2.26. The molecule has 1 aromatic carbocycles. The molecule has 0 aromatic heterocycles. The SMILES string of the molecule is C[Si](C)(C)[C@@H](/C=C/CCO)CCOCc1ccccc1. The third-order valence-electron chi connectivity index (χ3n) is 3.46. The third-order valence-corrected chi connectivity index (χ3v) is 6.17. The predicted octanol–water partition coefficient (Wildman–Crippen LogP) is 4.24. The molecule has 0 aliphatic rings. The Balaban J connectivity index is 2.35. The van der Waals surface area contributed by atoms with E-state index in [0.29, 0.717) is 12.1 Å². The largest absolute Gasteiger partial charge is 0.396 e. The van der Waals surface area contributed by atoms with Crippen LogP contribution in [0.5, 0.6) is 0 Å². The summed E-state index contributed by atoms with van der Waals surface area (Å²) in [4.78, 5) is 0. The highest BCUT2D eigenvalue weighted by molar-refractivity contribution is 6.78. The second-order valence-electron chi connectivity index (χ2n) is 6.24. The smallest absolute Gasteiger partial charge is 0.0716 e. The van der Waals surface area contributed by atoms with Gasteiger partial charge in [-0.05, 0) is 23.9 Å². The molecule has 112 valence electrons. The minimum Gasteiger partial charge on any atom is -0.396 e. The highest BCUT2D eigenvalue weighted by Crippen LogP contribution is 2.27. The van der Waals surface area contributed by atoms with Gasteiger partial charge in [0.25, 0.3) is 0 Å². The fourth-order valence-corrected chi connectivity index (χ4v) is 3.82. The zero-order valence-electron chi connectivity index (χ0n) is 13.0. The normalized spacial score (nSPS) is 13.8. The van der Waals surface area contributed by atoms with Gasteiger partial charge in [0.05, 0.1) is 14.7 Å². The summed E-state index contributed by atoms with van der Waals surface area (Å²) in [5, 5.41) is 8.86. The molecule has 0 aliphatic carbocycles. The number of ether oxygens (including phenoxy) is 1. The first-order chi connectivity index (χ1) is 9.54. The van der Waals surface area contributed by atoms with Crippen LogP contribution in [0.2, 0.25) is 25.2 Å². The zero-order chi connectivity index (χ0) is 14.8. The molecular formula is C17H28O2Si. The van der Waals surface area contributed by atoms with Gasteiger partial charge >= 0.3 is 0 Å². The van der Waals surface area contributed by atoms with E-state index in [9.17, 15) is 0 Å². The predicted molar refractivity (Wildman–Crippen MR) is 88.7 cm³/mol. The lowest BCUT2D eigenvalue weighted by Crippen LogP contribution is -2.27. The van der Waals surface area contributed by atoms with E-state index in [1.165, 1.54) is 5.56 Å². The van der Waals surface area contributed by atoms with E-state index in [2.05, 4.69) is 43.9 Å². The van der Waals surface area contributed by atoms with Crippen molar-refractivity contribution >= 4 is 8.07 Å². The fraction of sp³-hybridized carbons (Fsp3) is 0.529. The van der Waals surface area contributed by atoms with E-state index in [4.69, 9.17) is 9.84 Å². The van der Waals surface area contributed by atoms with Gasteiger partial charge in [0.2, 0.25) is 0 Å². The molecule has 1 atom stereocenters. The Morgan fingerprint density at radius 1 is 1.20 bits per heavy atom. The summed E-state index contributed by atoms with van der Waals surface area (Å²) in [5.41, 5.74) is 1.85. The minimum atomic E-state index is -1.21. The first-order valence-corrected chi connectivity index (χ1v) is 11.0. The van der Waals surface area contributed by atoms with E-state index < -0.39 is 8.07 Å². The van der Waals surface area contributed by atoms with E-state index >= 15 is 0 Å². The van der Waals surface area contributed by atoms with Crippen molar-refractivity contribution in [3.05, 3.63) is 48.0 Å². The van der Waals surface area contributed by atoms with Crippen molar-refractivity contribution in [2.75, 3.05) is 13.2 Å². The number of hydrogen-bond acceptors (Lipinski definition) is 2. The molecule has 20 heavy (non-hydrogen) atoms. The molecule has 0 saturated carbocycles. The van der Waals surface area contributed by atoms with Crippen molar-refractivity contribution in [2.24, 2.45) is 0 Å². The number of allylic oxidation sites excluding steroid dienone is 1. The fourth-order valence-electron chi connectivity index (χ4n) is 2.13. The van der Waals surface area contributed by atoms with Crippen LogP contribution in [0.3, 0.4) is 0 Å². The van der Waals surface area contributed by atoms with Crippen molar-refractivity contribution in [1.29, 1.82) is 0 Å². The molecule has 1 rings (SSSR count). The summed E-state index contributed by atoms with van der Waals surface area (Å²) in [5.74, 6) is 0. The number of aliphatic hydroxyl groups is 1. The van der Waals surface area contributed by atoms with E-state index in [1.54, 1.807) is 0 Å². The molecule has 3 heteroatoms. The van der Waals surface area contributed by atoms with Gasteiger partial charge in [0.15, 0.2) is 0 Å². The molecule has 0 amide bonds. The van der Waals surface area contributed by atoms with Crippen LogP contribution in [0.4, 0.5) is 0 Å². The Hall–Kier alpha value is -0.903. The van der Waals surface area contributed by atoms with Crippen molar-refractivity contribution in [3.8, 4) is 0 Å². The average Bonchev–Trinajstić information content (AvgIpc) is 2.41. The first-order valence-electron chi connectivity index (χ1n) is 7.43. The van der Waals surface area contributed by atoms with Crippen molar-refractivity contribution < 1.29 is 9.84 Å². The molecule has 1 N–H and O–H groups in total. The second kappa shape index (κ2) is 9.11. The monoisotopic (exact) mass is 292 g/mol. The molecule has 0 aliphatic heterocycles. The van der Waals surface area contributed by atoms with Crippen LogP contribution in [0.15, 0.2) is 42.5 Å². The van der Waals surface area contributed by atoms with E-state index in [1.807, 2.05) is 18.2 Å². The summed E-state index contributed by atoms with van der Waals surface area (Å²) in [7, 11) is -1.21. The molecule has 1 aromatic rings. The third kappa shape index (κ3) is 7.03. The molecule has 0 unspecified atom stereocenters. The molecule has 0 fully saturated rings. The number of rotatable bonds is 9. The van der Waals surface area contributed by atoms with Gasteiger partial charge < -0.3 is 9.84 Å². The van der Waals surface area contributed by atoms with Crippen LogP contribution in [0.25, 0.3) is 0 Å². The van der Waals surface area contributed by atoms with Crippen molar-refractivity contribution in [3.63, 3.8) is 0 Å². The molecule has 2 nitrogen and oxygen atoms in total. The summed E-state index contributed by atoms with van der Waals surface area (Å²) in [6.45, 7) is 8.89. The maximum atomic E-state index is 8.86. The van der Waals surface area contributed by atoms with Gasteiger partial charge in [0, 0.05) is 13.2 Å². The molecular weight excluding hydrogens is 264 g/mol. The Morgan fingerprint density at radius 3 is 2.50 bits per heavy atom. The van der Waals surface area contributed by atoms with Crippen LogP contribution in [-0.2, 0) is 11.3 Å². The van der Waals surface area contributed by atoms with Gasteiger partial charge in [0.1, 0.15) is 0 Å². The maximum absolute atomic E-state index is 8.86. The van der Waals surface area contributed by atoms with E-state index in [0.717, 1.165) is 19.4 Å². The van der Waals surface area contributed by atoms with Crippen LogP contribution < -0.4 is 0 Å². The maximum Gasteiger partial charge on any atom is 0.0716 e. The molecule has 0 spiro atoms. The summed E-state index contributed by atoms with van der Waals surface area (Å²) < 4.78 is 5.79. The van der Waals surface area contributed by atoms with Crippen LogP contribution in [0, 0.1) is 0 Å². The Kier molecular flexibility index (Phi) is 7.81. The zero-order valence-corrected chi connectivity index (χ0v) is 14.0. The summed E-state index contributed by atoms with van der Waals surface area (Å²) in [6.07, 6.45) is 6.23. The van der Waals surface area contributed by atoms with E-state index in [-0.39, 0.29) is 6.61 Å². The number of benzene rings is 1. The highest BCUT2D eigenvalue weighted by Gasteiger charge is 2.23. The lowest BCUT2D eigenvalue weighted by atomic mass is 10.2. The summed E-state index contributed by atoms with van der Waals surface area (Å²) >= 11 is 0. The van der Waals surface area contributed by atoms with Crippen LogP contribution in [0.1, 0.15) is 18.4 Å². The van der Waals surface area contributed by atoms with Crippen molar-refractivity contribution in [2.45, 2.75) is 44.6 Å². The quantitative estimate of drug-likeness (QED) is 0.419. The molecule has 0 heterocycles. The van der Waals surface area contributed by atoms with Gasteiger partial charge in [-0.2, -0.15) is 0 Å². The van der Waals surface area contributed by atoms with Crippen molar-refractivity contribution in [1.82, 2.24) is 0 Å². The Morgan fingerprint density at radius 2 is 1.90 bits per heavy atom. The number of hydrogen-bond donors (Lipinski definition) is 1. The molecule has 0 saturated heterocycles. The van der Waals surface area contributed by atoms with Gasteiger partial charge in [-0.3, -0.25) is 0 Å². The number of aliphatic hydroxyl groups excluding tert-OH is 1. The highest BCUT2D eigenvalue weighted by atomic mass is 28.3. The average molecular weight is 292 g/mol. The minimum absolute atomic E-state index is 0.236. The van der Waals surface area contributed by atoms with Crippen LogP contribution in [-0.4, -0.2) is 26.4 Å². The first kappa shape index (κ1) is 17.1. The van der Waals surface area contributed by atoms with Crippen LogP contribution >= 0.6 is 0 Å². The topological polar surface area (TPSA) is 29.5 Å². The lowest BCUT2D eigenvalue weighted by molar-refractivity contribution is 0.119. The Bertz CT molecular complexity index is 382. The standard InChI is InChI=1S/C17H28O2Si/c1-20(2,3)17(11-7-8-13-18)12-14-19-15-16-9-5-4-6-10-16/h4-7,9-11,17-18H,8,12-15H2,1-3H3/b11-7+/t17-/m0/s1. The van der Waals surface area contributed by atoms with Gasteiger partial charge in [-0.25, -0.2) is 0 Å². The molecule has 0 bridgehead atoms. The van der Waals surface area contributed by atoms with Gasteiger partial charge in [-0.15, -0.1) is 0 Å². The second-order valence-corrected chi connectivity index (χ2v) is 11.7. The molecule has 0 radical (unpaired) electrons. The summed E-state index contributed by atoms with van der Waals surface area (Å²) in [6, 6.07) is 10.3. The Labute approximate surface area is 124 Å². The van der Waals surface area contributed by atoms with Gasteiger partial charge in [-0.1, -0.05) is 62.1 Å².